The van der Waals surface area contributed by atoms with Crippen LogP contribution in [0.15, 0.2) is 4.42 Å². The second kappa shape index (κ2) is 4.72. The molecule has 15 heavy (non-hydrogen) atoms. The van der Waals surface area contributed by atoms with Gasteiger partial charge in [-0.1, -0.05) is 6.92 Å². The molecular weight excluding hydrogens is 194 g/mol. The third-order valence-corrected chi connectivity index (χ3v) is 2.86. The van der Waals surface area contributed by atoms with E-state index in [0.29, 0.717) is 18.3 Å². The van der Waals surface area contributed by atoms with E-state index < -0.39 is 0 Å². The van der Waals surface area contributed by atoms with Crippen LogP contribution in [0.4, 0.5) is 0 Å². The minimum atomic E-state index is 0.217. The number of aromatic nitrogens is 2. The van der Waals surface area contributed by atoms with Crippen molar-refractivity contribution in [2.45, 2.75) is 38.8 Å². The predicted octanol–water partition coefficient (Wildman–Crippen LogP) is 0.589. The Morgan fingerprint density at radius 2 is 2.27 bits per heavy atom. The number of rotatable bonds is 4. The number of hydrogen-bond donors (Lipinski definition) is 1. The van der Waals surface area contributed by atoms with Gasteiger partial charge in [0.2, 0.25) is 11.8 Å². The molecule has 5 nitrogen and oxygen atoms in total. The van der Waals surface area contributed by atoms with Crippen molar-refractivity contribution in [3.8, 4) is 0 Å². The van der Waals surface area contributed by atoms with Crippen LogP contribution in [0.1, 0.15) is 31.5 Å². The first-order chi connectivity index (χ1) is 7.33. The van der Waals surface area contributed by atoms with E-state index in [-0.39, 0.29) is 12.6 Å². The summed E-state index contributed by atoms with van der Waals surface area (Å²) in [5, 5.41) is 17.1. The molecule has 1 aliphatic rings. The maximum Gasteiger partial charge on any atom is 0.230 e. The predicted molar refractivity (Wildman–Crippen MR) is 54.2 cm³/mol. The van der Waals surface area contributed by atoms with Crippen molar-refractivity contribution in [3.63, 3.8) is 0 Å². The van der Waals surface area contributed by atoms with Crippen molar-refractivity contribution in [1.29, 1.82) is 0 Å². The largest absolute Gasteiger partial charge is 0.424 e. The smallest absolute Gasteiger partial charge is 0.230 e. The molecule has 1 aromatic heterocycles. The fourth-order valence-electron chi connectivity index (χ4n) is 1.98. The Morgan fingerprint density at radius 1 is 1.47 bits per heavy atom. The molecule has 0 unspecified atom stereocenters. The van der Waals surface area contributed by atoms with Crippen molar-refractivity contribution in [1.82, 2.24) is 15.1 Å². The summed E-state index contributed by atoms with van der Waals surface area (Å²) in [6.07, 6.45) is 2.97. The number of likely N-dealkylation sites (tertiary alicyclic amines) is 1. The van der Waals surface area contributed by atoms with Gasteiger partial charge in [0.15, 0.2) is 0 Å². The Balaban J connectivity index is 1.95. The zero-order chi connectivity index (χ0) is 10.7. The molecule has 1 fully saturated rings. The highest BCUT2D eigenvalue weighted by Crippen LogP contribution is 2.19. The van der Waals surface area contributed by atoms with Crippen LogP contribution < -0.4 is 0 Å². The van der Waals surface area contributed by atoms with Gasteiger partial charge in [0.05, 0.1) is 13.2 Å². The number of nitrogens with zero attached hydrogens (tertiary/aromatic N) is 3. The Labute approximate surface area is 89.1 Å². The highest BCUT2D eigenvalue weighted by atomic mass is 16.4. The summed E-state index contributed by atoms with van der Waals surface area (Å²) in [4.78, 5) is 2.20. The van der Waals surface area contributed by atoms with E-state index in [2.05, 4.69) is 15.1 Å². The maximum atomic E-state index is 9.16. The zero-order valence-corrected chi connectivity index (χ0v) is 9.02. The van der Waals surface area contributed by atoms with Crippen molar-refractivity contribution in [2.24, 2.45) is 0 Å². The summed E-state index contributed by atoms with van der Waals surface area (Å²) in [6, 6.07) is 0.266. The normalized spacial score (nSPS) is 22.4. The lowest BCUT2D eigenvalue weighted by Crippen LogP contribution is -2.31. The maximum absolute atomic E-state index is 9.16. The SMILES string of the molecule is CCc1nnc(CN2CCC[C@H]2CO)o1. The van der Waals surface area contributed by atoms with Crippen molar-refractivity contribution in [3.05, 3.63) is 11.8 Å². The molecular formula is C10H17N3O2. The van der Waals surface area contributed by atoms with Crippen LogP contribution in [0, 0.1) is 0 Å². The minimum Gasteiger partial charge on any atom is -0.424 e. The van der Waals surface area contributed by atoms with Gasteiger partial charge >= 0.3 is 0 Å². The van der Waals surface area contributed by atoms with Gasteiger partial charge in [0.25, 0.3) is 0 Å². The number of aliphatic hydroxyl groups is 1. The molecule has 0 bridgehead atoms. The van der Waals surface area contributed by atoms with Crippen LogP contribution >= 0.6 is 0 Å². The molecule has 0 saturated carbocycles. The van der Waals surface area contributed by atoms with Gasteiger partial charge in [-0.05, 0) is 19.4 Å². The van der Waals surface area contributed by atoms with Crippen LogP contribution in [-0.2, 0) is 13.0 Å². The van der Waals surface area contributed by atoms with E-state index in [1.807, 2.05) is 6.92 Å². The molecule has 2 heterocycles. The van der Waals surface area contributed by atoms with Gasteiger partial charge in [0, 0.05) is 12.5 Å². The topological polar surface area (TPSA) is 62.4 Å². The average Bonchev–Trinajstić information content (AvgIpc) is 2.87. The first-order valence-electron chi connectivity index (χ1n) is 5.49. The van der Waals surface area contributed by atoms with Crippen molar-refractivity contribution in [2.75, 3.05) is 13.2 Å². The van der Waals surface area contributed by atoms with Crippen LogP contribution in [0.2, 0.25) is 0 Å². The van der Waals surface area contributed by atoms with Gasteiger partial charge in [-0.25, -0.2) is 0 Å². The van der Waals surface area contributed by atoms with Gasteiger partial charge in [-0.15, -0.1) is 10.2 Å². The van der Waals surface area contributed by atoms with Gasteiger partial charge in [-0.3, -0.25) is 4.90 Å². The first-order valence-corrected chi connectivity index (χ1v) is 5.49. The average molecular weight is 211 g/mol. The number of aliphatic hydroxyl groups excluding tert-OH is 1. The Bertz CT molecular complexity index is 313. The van der Waals surface area contributed by atoms with Crippen LogP contribution in [0.5, 0.6) is 0 Å². The van der Waals surface area contributed by atoms with E-state index in [1.54, 1.807) is 0 Å². The first kappa shape index (κ1) is 10.6. The second-order valence-corrected chi connectivity index (χ2v) is 3.89. The van der Waals surface area contributed by atoms with Crippen LogP contribution in [-0.4, -0.2) is 39.4 Å². The monoisotopic (exact) mass is 211 g/mol. The molecule has 0 radical (unpaired) electrons. The van der Waals surface area contributed by atoms with Crippen LogP contribution in [0.25, 0.3) is 0 Å². The lowest BCUT2D eigenvalue weighted by molar-refractivity contribution is 0.144. The third-order valence-electron chi connectivity index (χ3n) is 2.86. The molecule has 84 valence electrons. The molecule has 1 aromatic rings. The summed E-state index contributed by atoms with van der Waals surface area (Å²) in [5.41, 5.74) is 0. The molecule has 1 saturated heterocycles. The van der Waals surface area contributed by atoms with Crippen molar-refractivity contribution >= 4 is 0 Å². The molecule has 0 aromatic carbocycles. The van der Waals surface area contributed by atoms with Gasteiger partial charge < -0.3 is 9.52 Å². The molecule has 1 aliphatic heterocycles. The van der Waals surface area contributed by atoms with Crippen molar-refractivity contribution < 1.29 is 9.52 Å². The Hall–Kier alpha value is -0.940. The zero-order valence-electron chi connectivity index (χ0n) is 9.02. The summed E-state index contributed by atoms with van der Waals surface area (Å²) >= 11 is 0. The molecule has 1 atom stereocenters. The fraction of sp³-hybridized carbons (Fsp3) is 0.800. The van der Waals surface area contributed by atoms with E-state index in [9.17, 15) is 0 Å². The minimum absolute atomic E-state index is 0.217. The highest BCUT2D eigenvalue weighted by Gasteiger charge is 2.25. The molecule has 0 aliphatic carbocycles. The summed E-state index contributed by atoms with van der Waals surface area (Å²) in [6.45, 7) is 3.88. The molecule has 0 spiro atoms. The number of hydrogen-bond acceptors (Lipinski definition) is 5. The Morgan fingerprint density at radius 3 is 2.93 bits per heavy atom. The molecule has 1 N–H and O–H groups in total. The Kier molecular flexibility index (Phi) is 3.33. The van der Waals surface area contributed by atoms with E-state index in [0.717, 1.165) is 25.8 Å². The molecule has 5 heteroatoms. The van der Waals surface area contributed by atoms with Crippen LogP contribution in [0.3, 0.4) is 0 Å². The lowest BCUT2D eigenvalue weighted by Gasteiger charge is -2.20. The molecule has 2 rings (SSSR count). The number of aryl methyl sites for hydroxylation is 1. The second-order valence-electron chi connectivity index (χ2n) is 3.89. The fourth-order valence-corrected chi connectivity index (χ4v) is 1.98. The standard InChI is InChI=1S/C10H17N3O2/c1-2-9-11-12-10(15-9)6-13-5-3-4-8(13)7-14/h8,14H,2-7H2,1H3/t8-/m0/s1. The van der Waals surface area contributed by atoms with Gasteiger partial charge in [0.1, 0.15) is 0 Å². The molecule has 0 amide bonds. The van der Waals surface area contributed by atoms with E-state index >= 15 is 0 Å². The third kappa shape index (κ3) is 2.35. The summed E-state index contributed by atoms with van der Waals surface area (Å²) in [5.74, 6) is 1.34. The van der Waals surface area contributed by atoms with E-state index in [4.69, 9.17) is 9.52 Å². The summed E-state index contributed by atoms with van der Waals surface area (Å²) < 4.78 is 5.44. The quantitative estimate of drug-likeness (QED) is 0.789. The summed E-state index contributed by atoms with van der Waals surface area (Å²) in [7, 11) is 0. The highest BCUT2D eigenvalue weighted by molar-refractivity contribution is 4.86. The lowest BCUT2D eigenvalue weighted by atomic mass is 10.2. The van der Waals surface area contributed by atoms with E-state index in [1.165, 1.54) is 0 Å². The van der Waals surface area contributed by atoms with Gasteiger partial charge in [-0.2, -0.15) is 0 Å².